The van der Waals surface area contributed by atoms with Gasteiger partial charge in [0.15, 0.2) is 5.76 Å². The van der Waals surface area contributed by atoms with Crippen molar-refractivity contribution in [2.75, 3.05) is 10.6 Å². The number of ether oxygens (including phenoxy) is 1. The molecule has 0 unspecified atom stereocenters. The molecular formula is C20H16N2O5. The number of hydrogen-bond donors (Lipinski definition) is 2. The average Bonchev–Trinajstić information content (AvgIpc) is 3.17. The Morgan fingerprint density at radius 1 is 0.852 bits per heavy atom. The topological polar surface area (TPSA) is 97.6 Å². The Morgan fingerprint density at radius 3 is 2.26 bits per heavy atom. The van der Waals surface area contributed by atoms with Crippen molar-refractivity contribution < 1.29 is 23.5 Å². The summed E-state index contributed by atoms with van der Waals surface area (Å²) in [7, 11) is 0. The molecule has 3 aromatic rings. The van der Waals surface area contributed by atoms with Crippen molar-refractivity contribution in [2.24, 2.45) is 0 Å². The highest BCUT2D eigenvalue weighted by molar-refractivity contribution is 6.05. The van der Waals surface area contributed by atoms with E-state index in [1.807, 2.05) is 0 Å². The van der Waals surface area contributed by atoms with Gasteiger partial charge in [0.2, 0.25) is 0 Å². The minimum Gasteiger partial charge on any atom is -0.459 e. The largest absolute Gasteiger partial charge is 0.459 e. The van der Waals surface area contributed by atoms with Crippen LogP contribution in [0, 0.1) is 0 Å². The standard InChI is InChI=1S/C20H16N2O5/c1-13(23)27-17-5-2-4-16(12-17)22-19(24)14-7-9-15(10-8-14)21-20(25)18-6-3-11-26-18/h2-12H,1H3,(H,21,25)(H,22,24). The molecule has 2 N–H and O–H groups in total. The zero-order valence-corrected chi connectivity index (χ0v) is 14.4. The van der Waals surface area contributed by atoms with Gasteiger partial charge in [-0.1, -0.05) is 6.07 Å². The third-order valence-corrected chi connectivity index (χ3v) is 3.50. The Hall–Kier alpha value is -3.87. The van der Waals surface area contributed by atoms with Crippen molar-refractivity contribution in [3.63, 3.8) is 0 Å². The van der Waals surface area contributed by atoms with Crippen LogP contribution in [-0.2, 0) is 4.79 Å². The van der Waals surface area contributed by atoms with E-state index < -0.39 is 5.97 Å². The number of rotatable bonds is 5. The number of amides is 2. The van der Waals surface area contributed by atoms with Crippen LogP contribution in [0.5, 0.6) is 5.75 Å². The maximum atomic E-state index is 12.3. The number of furan rings is 1. The van der Waals surface area contributed by atoms with Crippen LogP contribution in [0.1, 0.15) is 27.8 Å². The normalized spacial score (nSPS) is 10.1. The number of carbonyl (C=O) groups is 3. The second-order valence-corrected chi connectivity index (χ2v) is 5.58. The van der Waals surface area contributed by atoms with Gasteiger partial charge in [0.25, 0.3) is 11.8 Å². The Kier molecular flexibility index (Phi) is 5.32. The van der Waals surface area contributed by atoms with Crippen molar-refractivity contribution in [2.45, 2.75) is 6.92 Å². The second-order valence-electron chi connectivity index (χ2n) is 5.58. The summed E-state index contributed by atoms with van der Waals surface area (Å²) >= 11 is 0. The SMILES string of the molecule is CC(=O)Oc1cccc(NC(=O)c2ccc(NC(=O)c3ccco3)cc2)c1. The molecular weight excluding hydrogens is 348 g/mol. The van der Waals surface area contributed by atoms with Crippen molar-refractivity contribution in [3.8, 4) is 5.75 Å². The van der Waals surface area contributed by atoms with Gasteiger partial charge in [-0.05, 0) is 48.5 Å². The van der Waals surface area contributed by atoms with E-state index in [9.17, 15) is 14.4 Å². The summed E-state index contributed by atoms with van der Waals surface area (Å²) in [5.41, 5.74) is 1.43. The minimum atomic E-state index is -0.439. The number of benzene rings is 2. The van der Waals surface area contributed by atoms with Crippen molar-refractivity contribution in [1.29, 1.82) is 0 Å². The molecule has 0 aliphatic heterocycles. The first-order chi connectivity index (χ1) is 13.0. The summed E-state index contributed by atoms with van der Waals surface area (Å²) in [6.07, 6.45) is 1.42. The van der Waals surface area contributed by atoms with E-state index in [4.69, 9.17) is 9.15 Å². The van der Waals surface area contributed by atoms with Crippen LogP contribution in [0.3, 0.4) is 0 Å². The first-order valence-corrected chi connectivity index (χ1v) is 8.06. The summed E-state index contributed by atoms with van der Waals surface area (Å²) in [5.74, 6) is -0.607. The molecule has 0 saturated carbocycles. The van der Waals surface area contributed by atoms with Crippen molar-refractivity contribution in [3.05, 3.63) is 78.3 Å². The fourth-order valence-corrected chi connectivity index (χ4v) is 2.31. The Labute approximate surface area is 154 Å². The number of nitrogens with one attached hydrogen (secondary N) is 2. The van der Waals surface area contributed by atoms with Gasteiger partial charge in [0.1, 0.15) is 5.75 Å². The van der Waals surface area contributed by atoms with Crippen LogP contribution in [0.4, 0.5) is 11.4 Å². The maximum absolute atomic E-state index is 12.3. The highest BCUT2D eigenvalue weighted by atomic mass is 16.5. The zero-order valence-electron chi connectivity index (χ0n) is 14.4. The van der Waals surface area contributed by atoms with E-state index in [0.717, 1.165) is 0 Å². The molecule has 2 aromatic carbocycles. The fourth-order valence-electron chi connectivity index (χ4n) is 2.31. The summed E-state index contributed by atoms with van der Waals surface area (Å²) in [6, 6.07) is 16.1. The van der Waals surface area contributed by atoms with Crippen molar-refractivity contribution >= 4 is 29.2 Å². The molecule has 0 spiro atoms. The summed E-state index contributed by atoms with van der Waals surface area (Å²) in [6.45, 7) is 1.30. The van der Waals surface area contributed by atoms with E-state index in [1.54, 1.807) is 60.7 Å². The van der Waals surface area contributed by atoms with E-state index in [1.165, 1.54) is 13.2 Å². The van der Waals surface area contributed by atoms with Gasteiger partial charge in [0, 0.05) is 29.9 Å². The molecule has 0 atom stereocenters. The number of anilines is 2. The molecule has 7 heteroatoms. The summed E-state index contributed by atoms with van der Waals surface area (Å²) < 4.78 is 10.0. The molecule has 0 fully saturated rings. The quantitative estimate of drug-likeness (QED) is 0.531. The van der Waals surface area contributed by atoms with Crippen LogP contribution in [-0.4, -0.2) is 17.8 Å². The molecule has 27 heavy (non-hydrogen) atoms. The number of carbonyl (C=O) groups excluding carboxylic acids is 3. The van der Waals surface area contributed by atoms with Crippen LogP contribution < -0.4 is 15.4 Å². The van der Waals surface area contributed by atoms with Crippen LogP contribution in [0.15, 0.2) is 71.3 Å². The van der Waals surface area contributed by atoms with Crippen molar-refractivity contribution in [1.82, 2.24) is 0 Å². The van der Waals surface area contributed by atoms with E-state index in [2.05, 4.69) is 10.6 Å². The lowest BCUT2D eigenvalue weighted by atomic mass is 10.2. The lowest BCUT2D eigenvalue weighted by Gasteiger charge is -2.08. The third kappa shape index (κ3) is 4.82. The van der Waals surface area contributed by atoms with Crippen LogP contribution in [0.2, 0.25) is 0 Å². The second kappa shape index (κ2) is 8.01. The number of esters is 1. The van der Waals surface area contributed by atoms with Crippen LogP contribution >= 0.6 is 0 Å². The fraction of sp³-hybridized carbons (Fsp3) is 0.0500. The molecule has 3 rings (SSSR count). The Balaban J connectivity index is 1.64. The molecule has 0 aliphatic rings. The molecule has 1 aromatic heterocycles. The first-order valence-electron chi connectivity index (χ1n) is 8.06. The van der Waals surface area contributed by atoms with E-state index in [0.29, 0.717) is 22.7 Å². The highest BCUT2D eigenvalue weighted by Gasteiger charge is 2.10. The molecule has 0 saturated heterocycles. The van der Waals surface area contributed by atoms with Gasteiger partial charge >= 0.3 is 5.97 Å². The van der Waals surface area contributed by atoms with Gasteiger partial charge in [-0.25, -0.2) is 0 Å². The smallest absolute Gasteiger partial charge is 0.308 e. The average molecular weight is 364 g/mol. The van der Waals surface area contributed by atoms with Gasteiger partial charge < -0.3 is 19.8 Å². The predicted octanol–water partition coefficient (Wildman–Crippen LogP) is 3.71. The molecule has 0 bridgehead atoms. The predicted molar refractivity (Wildman–Crippen MR) is 98.8 cm³/mol. The molecule has 2 amide bonds. The lowest BCUT2D eigenvalue weighted by Crippen LogP contribution is -2.13. The van der Waals surface area contributed by atoms with E-state index in [-0.39, 0.29) is 17.6 Å². The molecule has 0 aliphatic carbocycles. The van der Waals surface area contributed by atoms with E-state index >= 15 is 0 Å². The van der Waals surface area contributed by atoms with Gasteiger partial charge in [-0.3, -0.25) is 14.4 Å². The molecule has 1 heterocycles. The van der Waals surface area contributed by atoms with Gasteiger partial charge in [-0.2, -0.15) is 0 Å². The highest BCUT2D eigenvalue weighted by Crippen LogP contribution is 2.19. The maximum Gasteiger partial charge on any atom is 0.308 e. The molecule has 7 nitrogen and oxygen atoms in total. The monoisotopic (exact) mass is 364 g/mol. The summed E-state index contributed by atoms with van der Waals surface area (Å²) in [4.78, 5) is 35.3. The first kappa shape index (κ1) is 17.9. The van der Waals surface area contributed by atoms with Gasteiger partial charge in [0.05, 0.1) is 6.26 Å². The Bertz CT molecular complexity index is 962. The lowest BCUT2D eigenvalue weighted by molar-refractivity contribution is -0.131. The number of hydrogen-bond acceptors (Lipinski definition) is 5. The third-order valence-electron chi connectivity index (χ3n) is 3.50. The summed E-state index contributed by atoms with van der Waals surface area (Å²) in [5, 5.41) is 5.39. The zero-order chi connectivity index (χ0) is 19.2. The van der Waals surface area contributed by atoms with Gasteiger partial charge in [-0.15, -0.1) is 0 Å². The minimum absolute atomic E-state index is 0.199. The molecule has 0 radical (unpaired) electrons. The molecule has 136 valence electrons. The van der Waals surface area contributed by atoms with Crippen LogP contribution in [0.25, 0.3) is 0 Å². The Morgan fingerprint density at radius 2 is 1.59 bits per heavy atom.